The maximum absolute atomic E-state index is 12.6. The fourth-order valence-electron chi connectivity index (χ4n) is 3.01. The topological polar surface area (TPSA) is 72.6 Å². The van der Waals surface area contributed by atoms with Crippen molar-refractivity contribution in [3.63, 3.8) is 0 Å². The van der Waals surface area contributed by atoms with Crippen molar-refractivity contribution >= 4 is 11.8 Å². The summed E-state index contributed by atoms with van der Waals surface area (Å²) >= 11 is 0. The predicted octanol–water partition coefficient (Wildman–Crippen LogP) is 1.52. The number of morpholine rings is 1. The third kappa shape index (κ3) is 3.38. The maximum atomic E-state index is 12.6. The molecule has 5 nitrogen and oxygen atoms in total. The van der Waals surface area contributed by atoms with E-state index in [0.29, 0.717) is 13.0 Å². The van der Waals surface area contributed by atoms with Crippen molar-refractivity contribution in [1.29, 1.82) is 0 Å². The average Bonchev–Trinajstić information content (AvgIpc) is 3.34. The lowest BCUT2D eigenvalue weighted by atomic mass is 10.1. The molecule has 0 radical (unpaired) electrons. The molecule has 1 aromatic carbocycles. The smallest absolute Gasteiger partial charge is 0.367 e. The van der Waals surface area contributed by atoms with Gasteiger partial charge in [-0.2, -0.15) is 13.2 Å². The first kappa shape index (κ1) is 16.8. The van der Waals surface area contributed by atoms with Crippen LogP contribution in [0.15, 0.2) is 24.3 Å². The zero-order valence-corrected chi connectivity index (χ0v) is 12.8. The number of hydrogen-bond acceptors (Lipinski definition) is 3. The van der Waals surface area contributed by atoms with Crippen molar-refractivity contribution in [1.82, 2.24) is 4.90 Å². The van der Waals surface area contributed by atoms with Gasteiger partial charge in [0.1, 0.15) is 0 Å². The van der Waals surface area contributed by atoms with E-state index in [-0.39, 0.29) is 30.9 Å². The molecule has 2 N–H and O–H groups in total. The third-order valence-electron chi connectivity index (χ3n) is 4.47. The SMILES string of the molecule is NC(=O)C1CN(C(=O)C2CC2c2ccc(C(F)(F)F)cc2)CCO1. The van der Waals surface area contributed by atoms with Gasteiger partial charge in [0.25, 0.3) is 0 Å². The van der Waals surface area contributed by atoms with Gasteiger partial charge in [0.15, 0.2) is 6.10 Å². The summed E-state index contributed by atoms with van der Waals surface area (Å²) in [5.74, 6) is -1.04. The van der Waals surface area contributed by atoms with Crippen LogP contribution in [0, 0.1) is 5.92 Å². The summed E-state index contributed by atoms with van der Waals surface area (Å²) in [6, 6.07) is 4.92. The molecule has 2 amide bonds. The number of hydrogen-bond donors (Lipinski definition) is 1. The fourth-order valence-corrected chi connectivity index (χ4v) is 3.01. The van der Waals surface area contributed by atoms with Crippen LogP contribution in [0.25, 0.3) is 0 Å². The molecule has 0 spiro atoms. The Bertz CT molecular complexity index is 645. The lowest BCUT2D eigenvalue weighted by Crippen LogP contribution is -2.50. The van der Waals surface area contributed by atoms with Crippen LogP contribution in [0.2, 0.25) is 0 Å². The van der Waals surface area contributed by atoms with E-state index in [1.165, 1.54) is 12.1 Å². The summed E-state index contributed by atoms with van der Waals surface area (Å²) < 4.78 is 42.9. The van der Waals surface area contributed by atoms with Crippen molar-refractivity contribution in [2.75, 3.05) is 19.7 Å². The minimum atomic E-state index is -4.37. The molecule has 3 rings (SSSR count). The molecular weight excluding hydrogens is 325 g/mol. The van der Waals surface area contributed by atoms with Gasteiger partial charge in [-0.15, -0.1) is 0 Å². The number of nitrogens with zero attached hydrogens (tertiary/aromatic N) is 1. The Morgan fingerprint density at radius 1 is 1.21 bits per heavy atom. The number of carbonyl (C=O) groups excluding carboxylic acids is 2. The molecule has 3 unspecified atom stereocenters. The summed E-state index contributed by atoms with van der Waals surface area (Å²) in [4.78, 5) is 25.2. The molecule has 0 aromatic heterocycles. The van der Waals surface area contributed by atoms with Crippen LogP contribution >= 0.6 is 0 Å². The second-order valence-electron chi connectivity index (χ2n) is 6.11. The highest BCUT2D eigenvalue weighted by Gasteiger charge is 2.47. The van der Waals surface area contributed by atoms with E-state index >= 15 is 0 Å². The molecule has 1 saturated heterocycles. The van der Waals surface area contributed by atoms with Gasteiger partial charge in [-0.1, -0.05) is 12.1 Å². The highest BCUT2D eigenvalue weighted by molar-refractivity contribution is 5.85. The van der Waals surface area contributed by atoms with Crippen molar-refractivity contribution in [2.24, 2.45) is 11.7 Å². The number of primary amides is 1. The number of halogens is 3. The first-order valence-electron chi connectivity index (χ1n) is 7.64. The number of rotatable bonds is 3. The van der Waals surface area contributed by atoms with E-state index in [9.17, 15) is 22.8 Å². The van der Waals surface area contributed by atoms with Gasteiger partial charge < -0.3 is 15.4 Å². The number of ether oxygens (including phenoxy) is 1. The van der Waals surface area contributed by atoms with Crippen LogP contribution in [0.4, 0.5) is 13.2 Å². The van der Waals surface area contributed by atoms with Crippen LogP contribution in [0.5, 0.6) is 0 Å². The summed E-state index contributed by atoms with van der Waals surface area (Å²) in [7, 11) is 0. The standard InChI is InChI=1S/C16H17F3N2O3/c17-16(18,19)10-3-1-9(2-4-10)11-7-12(11)15(23)21-5-6-24-13(8-21)14(20)22/h1-4,11-13H,5-8H2,(H2,20,22). The quantitative estimate of drug-likeness (QED) is 0.905. The molecule has 2 fully saturated rings. The van der Waals surface area contributed by atoms with Gasteiger partial charge >= 0.3 is 6.18 Å². The first-order valence-corrected chi connectivity index (χ1v) is 7.64. The molecule has 24 heavy (non-hydrogen) atoms. The summed E-state index contributed by atoms with van der Waals surface area (Å²) in [6.45, 7) is 0.764. The van der Waals surface area contributed by atoms with Crippen molar-refractivity contribution < 1.29 is 27.5 Å². The highest BCUT2D eigenvalue weighted by Crippen LogP contribution is 2.49. The molecular formula is C16H17F3N2O3. The van der Waals surface area contributed by atoms with E-state index in [1.54, 1.807) is 4.90 Å². The van der Waals surface area contributed by atoms with Crippen LogP contribution in [0.3, 0.4) is 0 Å². The Labute approximate surface area is 136 Å². The van der Waals surface area contributed by atoms with Gasteiger partial charge in [0, 0.05) is 12.5 Å². The second kappa shape index (κ2) is 6.08. The first-order chi connectivity index (χ1) is 11.3. The summed E-state index contributed by atoms with van der Waals surface area (Å²) in [6.07, 6.45) is -4.57. The van der Waals surface area contributed by atoms with Crippen molar-refractivity contribution in [2.45, 2.75) is 24.6 Å². The van der Waals surface area contributed by atoms with Gasteiger partial charge in [-0.05, 0) is 30.0 Å². The zero-order chi connectivity index (χ0) is 17.5. The number of benzene rings is 1. The minimum Gasteiger partial charge on any atom is -0.367 e. The van der Waals surface area contributed by atoms with E-state index < -0.39 is 23.8 Å². The molecule has 1 aromatic rings. The predicted molar refractivity (Wildman–Crippen MR) is 77.8 cm³/mol. The third-order valence-corrected chi connectivity index (χ3v) is 4.47. The van der Waals surface area contributed by atoms with Crippen LogP contribution < -0.4 is 5.73 Å². The number of nitrogens with two attached hydrogens (primary N) is 1. The van der Waals surface area contributed by atoms with Gasteiger partial charge in [-0.3, -0.25) is 9.59 Å². The van der Waals surface area contributed by atoms with Gasteiger partial charge in [0.05, 0.1) is 18.7 Å². The van der Waals surface area contributed by atoms with Gasteiger partial charge in [0.2, 0.25) is 11.8 Å². The highest BCUT2D eigenvalue weighted by atomic mass is 19.4. The lowest BCUT2D eigenvalue weighted by molar-refractivity contribution is -0.146. The van der Waals surface area contributed by atoms with Crippen LogP contribution in [-0.4, -0.2) is 42.5 Å². The van der Waals surface area contributed by atoms with E-state index in [1.807, 2.05) is 0 Å². The minimum absolute atomic E-state index is 0.0744. The summed E-state index contributed by atoms with van der Waals surface area (Å²) in [5, 5.41) is 0. The Balaban J connectivity index is 1.62. The molecule has 2 aliphatic rings. The van der Waals surface area contributed by atoms with Crippen LogP contribution in [0.1, 0.15) is 23.5 Å². The zero-order valence-electron chi connectivity index (χ0n) is 12.8. The number of amides is 2. The second-order valence-corrected chi connectivity index (χ2v) is 6.11. The molecule has 1 saturated carbocycles. The van der Waals surface area contributed by atoms with Crippen molar-refractivity contribution in [3.8, 4) is 0 Å². The molecule has 130 valence electrons. The summed E-state index contributed by atoms with van der Waals surface area (Å²) in [5.41, 5.74) is 5.22. The molecule has 3 atom stereocenters. The largest absolute Gasteiger partial charge is 0.416 e. The van der Waals surface area contributed by atoms with E-state index in [4.69, 9.17) is 10.5 Å². The molecule has 0 bridgehead atoms. The van der Waals surface area contributed by atoms with Gasteiger partial charge in [-0.25, -0.2) is 0 Å². The lowest BCUT2D eigenvalue weighted by Gasteiger charge is -2.31. The number of carbonyl (C=O) groups is 2. The molecule has 1 aliphatic carbocycles. The number of alkyl halides is 3. The Hall–Kier alpha value is -2.09. The maximum Gasteiger partial charge on any atom is 0.416 e. The fraction of sp³-hybridized carbons (Fsp3) is 0.500. The molecule has 1 aliphatic heterocycles. The Morgan fingerprint density at radius 2 is 1.88 bits per heavy atom. The molecule has 8 heteroatoms. The molecule has 1 heterocycles. The van der Waals surface area contributed by atoms with Crippen molar-refractivity contribution in [3.05, 3.63) is 35.4 Å². The Kier molecular flexibility index (Phi) is 4.25. The van der Waals surface area contributed by atoms with E-state index in [0.717, 1.165) is 17.7 Å². The Morgan fingerprint density at radius 3 is 2.46 bits per heavy atom. The normalized spacial score (nSPS) is 27.0. The van der Waals surface area contributed by atoms with Crippen LogP contribution in [-0.2, 0) is 20.5 Å². The monoisotopic (exact) mass is 342 g/mol. The average molecular weight is 342 g/mol. The van der Waals surface area contributed by atoms with E-state index in [2.05, 4.69) is 0 Å².